The quantitative estimate of drug-likeness (QED) is 0.586. The smallest absolute Gasteiger partial charge is 0.387 e. The molecule has 0 aliphatic rings. The molecule has 0 N–H and O–H groups in total. The molecule has 0 fully saturated rings. The van der Waals surface area contributed by atoms with E-state index < -0.39 is 18.2 Å². The third-order valence-corrected chi connectivity index (χ3v) is 2.98. The monoisotopic (exact) mass is 322 g/mol. The number of para-hydroxylation sites is 1. The molecule has 0 bridgehead atoms. The standard InChI is InChI=1S/C17H13F3O3/c1-22-15-4-2-3-12(16(15)23-17(19)20)7-10-14(21)11-5-8-13(18)9-6-11/h2-10,17H,1H3/b10-7+. The molecule has 0 aliphatic carbocycles. The molecule has 0 heterocycles. The summed E-state index contributed by atoms with van der Waals surface area (Å²) in [6.07, 6.45) is 2.53. The fourth-order valence-corrected chi connectivity index (χ4v) is 1.92. The molecule has 3 nitrogen and oxygen atoms in total. The van der Waals surface area contributed by atoms with Crippen LogP contribution in [0, 0.1) is 5.82 Å². The molecule has 0 spiro atoms. The van der Waals surface area contributed by atoms with Crippen molar-refractivity contribution in [3.05, 3.63) is 65.5 Å². The number of alkyl halides is 2. The fourth-order valence-electron chi connectivity index (χ4n) is 1.92. The van der Waals surface area contributed by atoms with Crippen molar-refractivity contribution in [2.75, 3.05) is 7.11 Å². The number of carbonyl (C=O) groups is 1. The molecule has 0 atom stereocenters. The van der Waals surface area contributed by atoms with Crippen LogP contribution >= 0.6 is 0 Å². The molecule has 0 aromatic heterocycles. The van der Waals surface area contributed by atoms with Gasteiger partial charge in [0.1, 0.15) is 5.82 Å². The number of rotatable bonds is 6. The molecule has 2 rings (SSSR count). The van der Waals surface area contributed by atoms with E-state index in [4.69, 9.17) is 4.74 Å². The van der Waals surface area contributed by atoms with Crippen molar-refractivity contribution in [2.45, 2.75) is 6.61 Å². The maximum Gasteiger partial charge on any atom is 0.387 e. The number of ether oxygens (including phenoxy) is 2. The first-order valence-electron chi connectivity index (χ1n) is 6.61. The maximum atomic E-state index is 12.8. The molecule has 2 aromatic carbocycles. The number of halogens is 3. The summed E-state index contributed by atoms with van der Waals surface area (Å²) < 4.78 is 47.3. The summed E-state index contributed by atoms with van der Waals surface area (Å²) in [4.78, 5) is 12.0. The molecule has 0 unspecified atom stereocenters. The number of hydrogen-bond donors (Lipinski definition) is 0. The lowest BCUT2D eigenvalue weighted by atomic mass is 10.1. The van der Waals surface area contributed by atoms with Crippen molar-refractivity contribution in [3.8, 4) is 11.5 Å². The van der Waals surface area contributed by atoms with E-state index in [0.717, 1.165) is 12.1 Å². The van der Waals surface area contributed by atoms with E-state index in [1.807, 2.05) is 0 Å². The fraction of sp³-hybridized carbons (Fsp3) is 0.118. The Morgan fingerprint density at radius 1 is 1.13 bits per heavy atom. The van der Waals surface area contributed by atoms with Crippen LogP contribution < -0.4 is 9.47 Å². The van der Waals surface area contributed by atoms with Crippen molar-refractivity contribution in [1.82, 2.24) is 0 Å². The Morgan fingerprint density at radius 2 is 1.83 bits per heavy atom. The Balaban J connectivity index is 2.28. The van der Waals surface area contributed by atoms with Crippen molar-refractivity contribution in [2.24, 2.45) is 0 Å². The highest BCUT2D eigenvalue weighted by Crippen LogP contribution is 2.33. The second-order valence-corrected chi connectivity index (χ2v) is 4.46. The summed E-state index contributed by atoms with van der Waals surface area (Å²) in [5, 5.41) is 0. The van der Waals surface area contributed by atoms with E-state index >= 15 is 0 Å². The summed E-state index contributed by atoms with van der Waals surface area (Å²) >= 11 is 0. The third kappa shape index (κ3) is 4.35. The van der Waals surface area contributed by atoms with Crippen LogP contribution in [0.1, 0.15) is 15.9 Å². The second kappa shape index (κ2) is 7.49. The first-order valence-corrected chi connectivity index (χ1v) is 6.61. The molecule has 6 heteroatoms. The van der Waals surface area contributed by atoms with Crippen LogP contribution in [0.4, 0.5) is 13.2 Å². The van der Waals surface area contributed by atoms with Crippen LogP contribution in [0.2, 0.25) is 0 Å². The van der Waals surface area contributed by atoms with E-state index in [9.17, 15) is 18.0 Å². The van der Waals surface area contributed by atoms with Crippen LogP contribution in [-0.2, 0) is 0 Å². The molecule has 2 aromatic rings. The molecule has 0 amide bonds. The molecular weight excluding hydrogens is 309 g/mol. The largest absolute Gasteiger partial charge is 0.493 e. The molecule has 120 valence electrons. The zero-order chi connectivity index (χ0) is 16.8. The van der Waals surface area contributed by atoms with Crippen LogP contribution in [-0.4, -0.2) is 19.5 Å². The SMILES string of the molecule is COc1cccc(/C=C/C(=O)c2ccc(F)cc2)c1OC(F)F. The van der Waals surface area contributed by atoms with Crippen LogP contribution in [0.5, 0.6) is 11.5 Å². The first kappa shape index (κ1) is 16.6. The van der Waals surface area contributed by atoms with E-state index in [1.54, 1.807) is 6.07 Å². The predicted octanol–water partition coefficient (Wildman–Crippen LogP) is 4.33. The van der Waals surface area contributed by atoms with Gasteiger partial charge in [-0.1, -0.05) is 12.1 Å². The lowest BCUT2D eigenvalue weighted by Gasteiger charge is -2.12. The van der Waals surface area contributed by atoms with Gasteiger partial charge < -0.3 is 9.47 Å². The van der Waals surface area contributed by atoms with E-state index in [0.29, 0.717) is 0 Å². The zero-order valence-electron chi connectivity index (χ0n) is 12.1. The molecule has 0 radical (unpaired) electrons. The minimum Gasteiger partial charge on any atom is -0.493 e. The van der Waals surface area contributed by atoms with Gasteiger partial charge in [-0.15, -0.1) is 0 Å². The normalized spacial score (nSPS) is 11.0. The highest BCUT2D eigenvalue weighted by molar-refractivity contribution is 6.06. The minimum atomic E-state index is -3.02. The molecular formula is C17H13F3O3. The number of methoxy groups -OCH3 is 1. The lowest BCUT2D eigenvalue weighted by Crippen LogP contribution is -2.05. The Bertz CT molecular complexity index is 710. The van der Waals surface area contributed by atoms with E-state index in [2.05, 4.69) is 4.74 Å². The van der Waals surface area contributed by atoms with Gasteiger partial charge in [-0.3, -0.25) is 4.79 Å². The predicted molar refractivity (Wildman–Crippen MR) is 79.4 cm³/mol. The maximum absolute atomic E-state index is 12.8. The lowest BCUT2D eigenvalue weighted by molar-refractivity contribution is -0.0513. The molecule has 0 aliphatic heterocycles. The molecule has 0 saturated heterocycles. The van der Waals surface area contributed by atoms with Crippen LogP contribution in [0.3, 0.4) is 0 Å². The topological polar surface area (TPSA) is 35.5 Å². The summed E-state index contributed by atoms with van der Waals surface area (Å²) in [5.74, 6) is -0.878. The Hall–Kier alpha value is -2.76. The average molecular weight is 322 g/mol. The van der Waals surface area contributed by atoms with Gasteiger partial charge in [-0.05, 0) is 42.5 Å². The van der Waals surface area contributed by atoms with Gasteiger partial charge in [-0.2, -0.15) is 8.78 Å². The number of benzene rings is 2. The van der Waals surface area contributed by atoms with Gasteiger partial charge in [-0.25, -0.2) is 4.39 Å². The summed E-state index contributed by atoms with van der Waals surface area (Å²) in [6, 6.07) is 9.56. The second-order valence-electron chi connectivity index (χ2n) is 4.46. The van der Waals surface area contributed by atoms with Gasteiger partial charge >= 0.3 is 6.61 Å². The van der Waals surface area contributed by atoms with Gasteiger partial charge in [0.2, 0.25) is 0 Å². The first-order chi connectivity index (χ1) is 11.0. The van der Waals surface area contributed by atoms with Crippen LogP contribution in [0.15, 0.2) is 48.5 Å². The highest BCUT2D eigenvalue weighted by Gasteiger charge is 2.14. The zero-order valence-corrected chi connectivity index (χ0v) is 12.1. The number of hydrogen-bond acceptors (Lipinski definition) is 3. The number of allylic oxidation sites excluding steroid dienone is 1. The minimum absolute atomic E-state index is 0.127. The summed E-state index contributed by atoms with van der Waals surface area (Å²) in [5.41, 5.74) is 0.544. The number of ketones is 1. The Morgan fingerprint density at radius 3 is 2.43 bits per heavy atom. The van der Waals surface area contributed by atoms with Crippen molar-refractivity contribution in [3.63, 3.8) is 0 Å². The van der Waals surface area contributed by atoms with Crippen molar-refractivity contribution in [1.29, 1.82) is 0 Å². The van der Waals surface area contributed by atoms with Gasteiger partial charge in [0.25, 0.3) is 0 Å². The molecule has 23 heavy (non-hydrogen) atoms. The van der Waals surface area contributed by atoms with Crippen molar-refractivity contribution >= 4 is 11.9 Å². The van der Waals surface area contributed by atoms with Gasteiger partial charge in [0, 0.05) is 11.1 Å². The number of carbonyl (C=O) groups excluding carboxylic acids is 1. The average Bonchev–Trinajstić information content (AvgIpc) is 2.53. The van der Waals surface area contributed by atoms with Gasteiger partial charge in [0.05, 0.1) is 7.11 Å². The Kier molecular flexibility index (Phi) is 5.41. The van der Waals surface area contributed by atoms with E-state index in [1.165, 1.54) is 43.5 Å². The third-order valence-electron chi connectivity index (χ3n) is 2.98. The molecule has 0 saturated carbocycles. The summed E-state index contributed by atoms with van der Waals surface area (Å²) in [7, 11) is 1.32. The van der Waals surface area contributed by atoms with E-state index in [-0.39, 0.29) is 22.6 Å². The van der Waals surface area contributed by atoms with Crippen LogP contribution in [0.25, 0.3) is 6.08 Å². The van der Waals surface area contributed by atoms with Crippen molar-refractivity contribution < 1.29 is 27.4 Å². The Labute approximate surface area is 131 Å². The summed E-state index contributed by atoms with van der Waals surface area (Å²) in [6.45, 7) is -3.02. The highest BCUT2D eigenvalue weighted by atomic mass is 19.3. The van der Waals surface area contributed by atoms with Gasteiger partial charge in [0.15, 0.2) is 17.3 Å².